The number of ketones is 1. The van der Waals surface area contributed by atoms with Crippen LogP contribution in [-0.2, 0) is 11.2 Å². The Bertz CT molecular complexity index is 1210. The average Bonchev–Trinajstić information content (AvgIpc) is 2.86. The van der Waals surface area contributed by atoms with E-state index in [1.807, 2.05) is 19.1 Å². The third-order valence-electron chi connectivity index (χ3n) is 5.13. The molecule has 1 N–H and O–H groups in total. The summed E-state index contributed by atoms with van der Waals surface area (Å²) in [5.41, 5.74) is 1.87. The van der Waals surface area contributed by atoms with E-state index >= 15 is 0 Å². The molecule has 0 aromatic heterocycles. The molecule has 0 fully saturated rings. The molecule has 0 atom stereocenters. The van der Waals surface area contributed by atoms with Crippen LogP contribution in [0.15, 0.2) is 60.7 Å². The second-order valence-electron chi connectivity index (χ2n) is 7.24. The molecule has 0 saturated carbocycles. The van der Waals surface area contributed by atoms with Gasteiger partial charge in [-0.1, -0.05) is 54.9 Å². The van der Waals surface area contributed by atoms with Gasteiger partial charge < -0.3 is 19.5 Å². The monoisotopic (exact) mass is 481 g/mol. The number of hydrogen-bond donors (Lipinski definition) is 1. The third-order valence-corrected chi connectivity index (χ3v) is 5.46. The quantitative estimate of drug-likeness (QED) is 0.333. The molecule has 0 aliphatic heterocycles. The van der Waals surface area contributed by atoms with Crippen molar-refractivity contribution >= 4 is 34.9 Å². The van der Waals surface area contributed by atoms with Crippen molar-refractivity contribution in [3.63, 3.8) is 0 Å². The van der Waals surface area contributed by atoms with Crippen LogP contribution in [0, 0.1) is 0 Å². The standard InChI is InChI=1S/C26H24ClNO6/c1-4-16-9-11-17(12-10-16)22(29)15-34-26(31)19-13-23(32-2)24(33-3)14-21(19)28-25(30)18-7-5-6-8-20(18)27/h5-14H,4,15H2,1-3H3,(H,28,30). The first-order valence-electron chi connectivity index (χ1n) is 10.5. The lowest BCUT2D eigenvalue weighted by Crippen LogP contribution is -2.19. The molecule has 1 amide bonds. The summed E-state index contributed by atoms with van der Waals surface area (Å²) in [6.45, 7) is 1.56. The SMILES string of the molecule is CCc1ccc(C(=O)COC(=O)c2cc(OC)c(OC)cc2NC(=O)c2ccccc2Cl)cc1. The molecule has 8 heteroatoms. The molecule has 0 radical (unpaired) electrons. The highest BCUT2D eigenvalue weighted by Crippen LogP contribution is 2.34. The van der Waals surface area contributed by atoms with Crippen molar-refractivity contribution in [2.45, 2.75) is 13.3 Å². The van der Waals surface area contributed by atoms with Gasteiger partial charge in [-0.2, -0.15) is 0 Å². The van der Waals surface area contributed by atoms with E-state index < -0.39 is 18.5 Å². The van der Waals surface area contributed by atoms with E-state index in [0.29, 0.717) is 11.3 Å². The Morgan fingerprint density at radius 1 is 0.882 bits per heavy atom. The minimum absolute atomic E-state index is 0.00724. The maximum absolute atomic E-state index is 12.9. The Labute approximate surface area is 202 Å². The molecule has 0 saturated heterocycles. The molecule has 0 unspecified atom stereocenters. The topological polar surface area (TPSA) is 90.9 Å². The zero-order chi connectivity index (χ0) is 24.7. The van der Waals surface area contributed by atoms with Gasteiger partial charge in [0, 0.05) is 17.7 Å². The number of carbonyl (C=O) groups excluding carboxylic acids is 3. The van der Waals surface area contributed by atoms with Gasteiger partial charge in [-0.3, -0.25) is 9.59 Å². The maximum Gasteiger partial charge on any atom is 0.340 e. The van der Waals surface area contributed by atoms with Gasteiger partial charge >= 0.3 is 5.97 Å². The summed E-state index contributed by atoms with van der Waals surface area (Å²) in [7, 11) is 2.84. The first-order valence-corrected chi connectivity index (χ1v) is 10.9. The summed E-state index contributed by atoms with van der Waals surface area (Å²) in [4.78, 5) is 38.2. The third kappa shape index (κ3) is 5.74. The number of methoxy groups -OCH3 is 2. The molecule has 0 spiro atoms. The minimum Gasteiger partial charge on any atom is -0.493 e. The largest absolute Gasteiger partial charge is 0.493 e. The van der Waals surface area contributed by atoms with Crippen LogP contribution in [0.25, 0.3) is 0 Å². The smallest absolute Gasteiger partial charge is 0.340 e. The number of Topliss-reactive ketones (excluding diaryl/α,β-unsaturated/α-hetero) is 1. The molecule has 0 heterocycles. The average molecular weight is 482 g/mol. The molecule has 3 aromatic carbocycles. The molecule has 34 heavy (non-hydrogen) atoms. The summed E-state index contributed by atoms with van der Waals surface area (Å²) in [5.74, 6) is -1.14. The van der Waals surface area contributed by atoms with Crippen molar-refractivity contribution in [1.29, 1.82) is 0 Å². The van der Waals surface area contributed by atoms with Crippen LogP contribution in [0.2, 0.25) is 5.02 Å². The van der Waals surface area contributed by atoms with Crippen molar-refractivity contribution in [3.8, 4) is 11.5 Å². The first kappa shape index (κ1) is 24.8. The van der Waals surface area contributed by atoms with Crippen molar-refractivity contribution in [1.82, 2.24) is 0 Å². The summed E-state index contributed by atoms with van der Waals surface area (Å²) in [5, 5.41) is 2.92. The second kappa shape index (κ2) is 11.3. The highest BCUT2D eigenvalue weighted by atomic mass is 35.5. The zero-order valence-electron chi connectivity index (χ0n) is 19.0. The lowest BCUT2D eigenvalue weighted by molar-refractivity contribution is 0.0475. The van der Waals surface area contributed by atoms with E-state index in [1.54, 1.807) is 36.4 Å². The Morgan fingerprint density at radius 2 is 1.53 bits per heavy atom. The fraction of sp³-hybridized carbons (Fsp3) is 0.192. The normalized spacial score (nSPS) is 10.4. The number of esters is 1. The molecular weight excluding hydrogens is 458 g/mol. The molecule has 0 aliphatic carbocycles. The van der Waals surface area contributed by atoms with Crippen LogP contribution in [0.4, 0.5) is 5.69 Å². The summed E-state index contributed by atoms with van der Waals surface area (Å²) >= 11 is 6.12. The van der Waals surface area contributed by atoms with Crippen molar-refractivity contribution in [3.05, 3.63) is 87.9 Å². The molecule has 0 bridgehead atoms. The highest BCUT2D eigenvalue weighted by molar-refractivity contribution is 6.34. The van der Waals surface area contributed by atoms with Gasteiger partial charge in [0.2, 0.25) is 0 Å². The van der Waals surface area contributed by atoms with E-state index in [0.717, 1.165) is 12.0 Å². The highest BCUT2D eigenvalue weighted by Gasteiger charge is 2.22. The van der Waals surface area contributed by atoms with Gasteiger partial charge in [-0.25, -0.2) is 4.79 Å². The fourth-order valence-electron chi connectivity index (χ4n) is 3.20. The number of amides is 1. The summed E-state index contributed by atoms with van der Waals surface area (Å²) in [6.07, 6.45) is 0.853. The van der Waals surface area contributed by atoms with Gasteiger partial charge in [-0.15, -0.1) is 0 Å². The predicted octanol–water partition coefficient (Wildman–Crippen LogP) is 5.21. The van der Waals surface area contributed by atoms with Crippen LogP contribution in [0.5, 0.6) is 11.5 Å². The van der Waals surface area contributed by atoms with E-state index in [-0.39, 0.29) is 33.4 Å². The number of ether oxygens (including phenoxy) is 3. The summed E-state index contributed by atoms with van der Waals surface area (Å²) < 4.78 is 15.8. The molecule has 7 nitrogen and oxygen atoms in total. The summed E-state index contributed by atoms with van der Waals surface area (Å²) in [6, 6.07) is 16.4. The number of hydrogen-bond acceptors (Lipinski definition) is 6. The molecule has 3 rings (SSSR count). The number of rotatable bonds is 9. The first-order chi connectivity index (χ1) is 16.4. The van der Waals surface area contributed by atoms with Gasteiger partial charge in [0.25, 0.3) is 5.91 Å². The van der Waals surface area contributed by atoms with Crippen LogP contribution in [0.3, 0.4) is 0 Å². The van der Waals surface area contributed by atoms with Crippen LogP contribution in [-0.4, -0.2) is 38.5 Å². The van der Waals surface area contributed by atoms with Crippen molar-refractivity contribution in [2.75, 3.05) is 26.1 Å². The Morgan fingerprint density at radius 3 is 2.15 bits per heavy atom. The predicted molar refractivity (Wildman–Crippen MR) is 129 cm³/mol. The molecule has 176 valence electrons. The maximum atomic E-state index is 12.9. The van der Waals surface area contributed by atoms with E-state index in [4.69, 9.17) is 25.8 Å². The molecular formula is C26H24ClNO6. The van der Waals surface area contributed by atoms with E-state index in [1.165, 1.54) is 26.4 Å². The van der Waals surface area contributed by atoms with Gasteiger partial charge in [0.05, 0.1) is 36.1 Å². The lowest BCUT2D eigenvalue weighted by Gasteiger charge is -2.15. The Hall–Kier alpha value is -3.84. The van der Waals surface area contributed by atoms with Crippen LogP contribution >= 0.6 is 11.6 Å². The zero-order valence-corrected chi connectivity index (χ0v) is 19.8. The van der Waals surface area contributed by atoms with E-state index in [9.17, 15) is 14.4 Å². The van der Waals surface area contributed by atoms with Crippen molar-refractivity contribution < 1.29 is 28.6 Å². The number of aryl methyl sites for hydroxylation is 1. The van der Waals surface area contributed by atoms with Crippen molar-refractivity contribution in [2.24, 2.45) is 0 Å². The number of nitrogens with one attached hydrogen (secondary N) is 1. The number of halogens is 1. The number of anilines is 1. The van der Waals surface area contributed by atoms with Crippen LogP contribution in [0.1, 0.15) is 43.6 Å². The molecule has 3 aromatic rings. The Balaban J connectivity index is 1.84. The molecule has 0 aliphatic rings. The van der Waals surface area contributed by atoms with Gasteiger partial charge in [0.1, 0.15) is 0 Å². The van der Waals surface area contributed by atoms with Gasteiger partial charge in [0.15, 0.2) is 23.9 Å². The number of carbonyl (C=O) groups is 3. The lowest BCUT2D eigenvalue weighted by atomic mass is 10.1. The fourth-order valence-corrected chi connectivity index (χ4v) is 3.43. The van der Waals surface area contributed by atoms with Crippen LogP contribution < -0.4 is 14.8 Å². The Kier molecular flexibility index (Phi) is 8.27. The minimum atomic E-state index is -0.811. The second-order valence-corrected chi connectivity index (χ2v) is 7.64. The van der Waals surface area contributed by atoms with E-state index in [2.05, 4.69) is 5.32 Å². The van der Waals surface area contributed by atoms with Gasteiger partial charge in [-0.05, 0) is 24.1 Å². The number of benzene rings is 3.